The number of hydrogen-bond acceptors (Lipinski definition) is 8. The summed E-state index contributed by atoms with van der Waals surface area (Å²) in [6.07, 6.45) is -18.4. The van der Waals surface area contributed by atoms with Gasteiger partial charge < -0.3 is 9.84 Å². The maximum atomic E-state index is 12.9. The van der Waals surface area contributed by atoms with Crippen LogP contribution in [0.3, 0.4) is 0 Å². The molecule has 0 bridgehead atoms. The van der Waals surface area contributed by atoms with Crippen molar-refractivity contribution in [3.8, 4) is 11.5 Å². The predicted molar refractivity (Wildman–Crippen MR) is 132 cm³/mol. The molecule has 0 heterocycles. The highest BCUT2D eigenvalue weighted by atomic mass is 32.2. The summed E-state index contributed by atoms with van der Waals surface area (Å²) in [5, 5.41) is 21.6. The molecule has 0 aliphatic rings. The second-order valence-corrected chi connectivity index (χ2v) is 10.8. The van der Waals surface area contributed by atoms with E-state index in [0.29, 0.717) is 12.1 Å². The van der Waals surface area contributed by atoms with E-state index in [2.05, 4.69) is 4.74 Å². The summed E-state index contributed by atoms with van der Waals surface area (Å²) in [5.41, 5.74) is -1.46. The number of nitrogens with zero attached hydrogens (tertiary/aromatic N) is 2. The van der Waals surface area contributed by atoms with Gasteiger partial charge in [-0.3, -0.25) is 20.2 Å². The van der Waals surface area contributed by atoms with Gasteiger partial charge in [-0.2, -0.15) is 74.6 Å². The highest BCUT2D eigenvalue weighted by molar-refractivity contribution is 7.92. The van der Waals surface area contributed by atoms with Crippen LogP contribution in [0, 0.1) is 31.9 Å². The number of benzene rings is 2. The summed E-state index contributed by atoms with van der Waals surface area (Å²) in [6, 6.07) is 4.59. The molecule has 0 aliphatic heterocycles. The number of alkyl halides is 17. The van der Waals surface area contributed by atoms with E-state index in [9.17, 15) is 112 Å². The number of halogens is 19. The Kier molecular flexibility index (Phi) is 15.7. The number of ether oxygens (including phenoxy) is 1. The third-order valence-electron chi connectivity index (χ3n) is 4.90. The van der Waals surface area contributed by atoms with Crippen LogP contribution in [-0.2, 0) is 9.84 Å². The Morgan fingerprint density at radius 3 is 1.38 bits per heavy atom. The molecule has 300 valence electrons. The standard InChI is InChI=1S/C8H5F4NO3.C7H2F14O2S.C6H4FNO3.CH4/c9-5-1-2-7(6(3-5)13(14)15)16-4-8(10,11)12;8-2(9,10)1-24(22,23)7(20,21)5(15,16)3(11,12)4(13,14)6(17,18)19;7-4-1-2-6(9)5(3-4)8(10)11;/h1-3H,4H2;1H2;1-3,9H;1H4. The molecule has 30 heteroatoms. The van der Waals surface area contributed by atoms with Gasteiger partial charge in [0.25, 0.3) is 0 Å². The van der Waals surface area contributed by atoms with E-state index >= 15 is 0 Å². The molecule has 0 amide bonds. The van der Waals surface area contributed by atoms with Crippen molar-refractivity contribution in [2.45, 2.75) is 49.0 Å². The molecule has 0 saturated heterocycles. The normalized spacial score (nSPS) is 13.1. The fraction of sp³-hybridized carbons (Fsp3) is 0.455. The number of nitro groups is 2. The second kappa shape index (κ2) is 16.4. The first-order valence-electron chi connectivity index (χ1n) is 11.5. The van der Waals surface area contributed by atoms with E-state index in [-0.39, 0.29) is 7.43 Å². The fourth-order valence-corrected chi connectivity index (χ4v) is 3.75. The monoisotopic (exact) mass is 828 g/mol. The number of sulfone groups is 1. The molecule has 0 radical (unpaired) electrons. The van der Waals surface area contributed by atoms with Crippen LogP contribution in [0.4, 0.5) is 94.8 Å². The van der Waals surface area contributed by atoms with Crippen molar-refractivity contribution < 1.29 is 112 Å². The Balaban J connectivity index is 0. The zero-order valence-electron chi connectivity index (χ0n) is 23.2. The number of phenolic OH excluding ortho intramolecular Hbond substituents is 1. The fourth-order valence-electron chi connectivity index (χ4n) is 2.62. The largest absolute Gasteiger partial charge is 0.502 e. The summed E-state index contributed by atoms with van der Waals surface area (Å²) in [5.74, 6) is -30.7. The Morgan fingerprint density at radius 2 is 1.04 bits per heavy atom. The van der Waals surface area contributed by atoms with Crippen molar-refractivity contribution in [2.75, 3.05) is 12.4 Å². The lowest BCUT2D eigenvalue weighted by Gasteiger charge is -2.36. The minimum atomic E-state index is -8.10. The van der Waals surface area contributed by atoms with Crippen LogP contribution >= 0.6 is 0 Å². The molecule has 2 aromatic carbocycles. The van der Waals surface area contributed by atoms with Crippen molar-refractivity contribution in [3.05, 3.63) is 68.3 Å². The van der Waals surface area contributed by atoms with E-state index < -0.39 is 108 Å². The molecule has 2 rings (SSSR count). The van der Waals surface area contributed by atoms with Crippen molar-refractivity contribution >= 4 is 21.2 Å². The number of hydrogen-bond donors (Lipinski definition) is 1. The molecule has 0 atom stereocenters. The maximum Gasteiger partial charge on any atom is 0.460 e. The molecule has 0 saturated carbocycles. The lowest BCUT2D eigenvalue weighted by Crippen LogP contribution is -2.68. The van der Waals surface area contributed by atoms with Crippen molar-refractivity contribution in [1.29, 1.82) is 0 Å². The van der Waals surface area contributed by atoms with E-state index in [4.69, 9.17) is 5.11 Å². The molecule has 52 heavy (non-hydrogen) atoms. The molecule has 0 unspecified atom stereocenters. The van der Waals surface area contributed by atoms with Crippen LogP contribution in [0.25, 0.3) is 0 Å². The molecule has 10 nitrogen and oxygen atoms in total. The molecule has 1 N–H and O–H groups in total. The van der Waals surface area contributed by atoms with Gasteiger partial charge in [-0.1, -0.05) is 7.43 Å². The molecular weight excluding hydrogens is 813 g/mol. The maximum absolute atomic E-state index is 12.9. The topological polar surface area (TPSA) is 150 Å². The third kappa shape index (κ3) is 12.0. The smallest absolute Gasteiger partial charge is 0.460 e. The van der Waals surface area contributed by atoms with Gasteiger partial charge in [0.15, 0.2) is 23.9 Å². The van der Waals surface area contributed by atoms with Crippen LogP contribution in [0.15, 0.2) is 36.4 Å². The highest BCUT2D eigenvalue weighted by Crippen LogP contribution is 2.58. The number of rotatable bonds is 9. The summed E-state index contributed by atoms with van der Waals surface area (Å²) < 4.78 is 257. The van der Waals surface area contributed by atoms with Gasteiger partial charge in [0, 0.05) is 0 Å². The first-order valence-corrected chi connectivity index (χ1v) is 13.1. The van der Waals surface area contributed by atoms with E-state index in [0.717, 1.165) is 24.3 Å². The Bertz CT molecular complexity index is 1660. The summed E-state index contributed by atoms with van der Waals surface area (Å²) >= 11 is 0. The second-order valence-electron chi connectivity index (χ2n) is 8.78. The molecule has 0 aromatic heterocycles. The van der Waals surface area contributed by atoms with Gasteiger partial charge in [-0.25, -0.2) is 17.2 Å². The number of nitro benzene ring substituents is 2. The lowest BCUT2D eigenvalue weighted by atomic mass is 10.0. The van der Waals surface area contributed by atoms with E-state index in [1.54, 1.807) is 0 Å². The Morgan fingerprint density at radius 1 is 0.635 bits per heavy atom. The third-order valence-corrected chi connectivity index (χ3v) is 6.64. The predicted octanol–water partition coefficient (Wildman–Crippen LogP) is 8.78. The quantitative estimate of drug-likeness (QED) is 0.150. The van der Waals surface area contributed by atoms with Crippen LogP contribution in [0.2, 0.25) is 0 Å². The average Bonchev–Trinajstić information content (AvgIpc) is 2.91. The van der Waals surface area contributed by atoms with Crippen LogP contribution in [0.1, 0.15) is 7.43 Å². The van der Waals surface area contributed by atoms with Gasteiger partial charge >= 0.3 is 52.9 Å². The molecular formula is C22H15F19N2O8S. The Labute approximate surface area is 274 Å². The van der Waals surface area contributed by atoms with Gasteiger partial charge in [-0.15, -0.1) is 0 Å². The minimum Gasteiger partial charge on any atom is -0.502 e. The molecule has 0 aliphatic carbocycles. The van der Waals surface area contributed by atoms with Crippen molar-refractivity contribution in [1.82, 2.24) is 0 Å². The van der Waals surface area contributed by atoms with E-state index in [1.807, 2.05) is 0 Å². The molecule has 0 fully saturated rings. The van der Waals surface area contributed by atoms with Gasteiger partial charge in [0.2, 0.25) is 9.84 Å². The average molecular weight is 828 g/mol. The lowest BCUT2D eigenvalue weighted by molar-refractivity contribution is -0.413. The number of aromatic hydroxyl groups is 1. The van der Waals surface area contributed by atoms with Crippen LogP contribution in [-0.4, -0.2) is 77.3 Å². The molecule has 0 spiro atoms. The van der Waals surface area contributed by atoms with Crippen molar-refractivity contribution in [2.24, 2.45) is 0 Å². The zero-order valence-corrected chi connectivity index (χ0v) is 24.0. The SMILES string of the molecule is C.O=S(=O)(CC(F)(F)F)C(F)(F)C(F)(F)C(F)(F)C(F)(F)C(F)(F)F.O=[N+]([O-])c1cc(F)ccc1O.O=[N+]([O-])c1cc(F)ccc1OCC(F)(F)F. The first kappa shape index (κ1) is 49.6. The number of phenols is 1. The van der Waals surface area contributed by atoms with Crippen LogP contribution < -0.4 is 4.74 Å². The van der Waals surface area contributed by atoms with Gasteiger partial charge in [0.1, 0.15) is 11.6 Å². The summed E-state index contributed by atoms with van der Waals surface area (Å²) in [4.78, 5) is 18.6. The first-order chi connectivity index (χ1) is 22.4. The zero-order chi connectivity index (χ0) is 41.0. The Hall–Kier alpha value is -4.54. The summed E-state index contributed by atoms with van der Waals surface area (Å²) in [7, 11) is -7.65. The van der Waals surface area contributed by atoms with Crippen LogP contribution in [0.5, 0.6) is 11.5 Å². The van der Waals surface area contributed by atoms with Gasteiger partial charge in [0.05, 0.1) is 22.0 Å². The summed E-state index contributed by atoms with van der Waals surface area (Å²) in [6.45, 7) is -1.67. The van der Waals surface area contributed by atoms with Gasteiger partial charge in [-0.05, 0) is 24.3 Å². The van der Waals surface area contributed by atoms with E-state index in [1.165, 1.54) is 0 Å². The highest BCUT2D eigenvalue weighted by Gasteiger charge is 2.89. The molecule has 2 aromatic rings. The minimum absolute atomic E-state index is 0. The van der Waals surface area contributed by atoms with Crippen molar-refractivity contribution in [3.63, 3.8) is 0 Å².